The first-order chi connectivity index (χ1) is 17.9. The van der Waals surface area contributed by atoms with Gasteiger partial charge in [0.2, 0.25) is 5.91 Å². The molecule has 0 atom stereocenters. The van der Waals surface area contributed by atoms with E-state index in [-0.39, 0.29) is 5.91 Å². The summed E-state index contributed by atoms with van der Waals surface area (Å²) in [4.78, 5) is 32.3. The average Bonchev–Trinajstić information content (AvgIpc) is 3.52. The molecule has 37 heavy (non-hydrogen) atoms. The number of carbonyl (C=O) groups excluding carboxylic acids is 1. The molecule has 9 nitrogen and oxygen atoms in total. The van der Waals surface area contributed by atoms with Gasteiger partial charge in [0, 0.05) is 42.0 Å². The summed E-state index contributed by atoms with van der Waals surface area (Å²) in [5.41, 5.74) is 6.41. The van der Waals surface area contributed by atoms with Gasteiger partial charge < -0.3 is 15.2 Å². The van der Waals surface area contributed by atoms with Crippen LogP contribution in [0.3, 0.4) is 0 Å². The minimum absolute atomic E-state index is 0.0639. The average molecular weight is 495 g/mol. The van der Waals surface area contributed by atoms with E-state index >= 15 is 0 Å². The number of imidazole rings is 1. The normalized spacial score (nSPS) is 14.4. The third-order valence-corrected chi connectivity index (χ3v) is 6.85. The van der Waals surface area contributed by atoms with E-state index in [1.807, 2.05) is 32.9 Å². The van der Waals surface area contributed by atoms with E-state index in [0.717, 1.165) is 52.2 Å². The Hall–Kier alpha value is -4.27. The van der Waals surface area contributed by atoms with Gasteiger partial charge in [-0.3, -0.25) is 14.9 Å². The van der Waals surface area contributed by atoms with Crippen molar-refractivity contribution in [2.24, 2.45) is 5.41 Å². The third-order valence-electron chi connectivity index (χ3n) is 6.85. The first-order valence-electron chi connectivity index (χ1n) is 12.7. The number of carbonyl (C=O) groups is 1. The molecular weight excluding hydrogens is 464 g/mol. The Bertz CT molecular complexity index is 1600. The van der Waals surface area contributed by atoms with Gasteiger partial charge in [-0.25, -0.2) is 9.97 Å². The molecule has 1 aliphatic rings. The van der Waals surface area contributed by atoms with Crippen LogP contribution >= 0.6 is 0 Å². The zero-order valence-corrected chi connectivity index (χ0v) is 21.3. The maximum absolute atomic E-state index is 12.4. The van der Waals surface area contributed by atoms with Crippen LogP contribution < -0.4 is 10.2 Å². The van der Waals surface area contributed by atoms with Crippen LogP contribution in [0.4, 0.5) is 11.4 Å². The van der Waals surface area contributed by atoms with Gasteiger partial charge in [0.1, 0.15) is 11.2 Å². The molecule has 1 amide bonds. The lowest BCUT2D eigenvalue weighted by Crippen LogP contribution is -2.29. The van der Waals surface area contributed by atoms with Crippen LogP contribution in [0.15, 0.2) is 48.9 Å². The molecule has 188 valence electrons. The smallest absolute Gasteiger partial charge is 0.229 e. The zero-order valence-electron chi connectivity index (χ0n) is 21.3. The van der Waals surface area contributed by atoms with Gasteiger partial charge in [-0.05, 0) is 43.5 Å². The second-order valence-electron chi connectivity index (χ2n) is 10.7. The summed E-state index contributed by atoms with van der Waals surface area (Å²) in [6.07, 6.45) is 8.90. The van der Waals surface area contributed by atoms with Crippen LogP contribution in [-0.4, -0.2) is 49.1 Å². The monoisotopic (exact) mass is 494 g/mol. The van der Waals surface area contributed by atoms with Crippen molar-refractivity contribution >= 4 is 39.3 Å². The fraction of sp³-hybridized carbons (Fsp3) is 0.321. The summed E-state index contributed by atoms with van der Waals surface area (Å²) in [6, 6.07) is 10.2. The molecule has 3 N–H and O–H groups in total. The predicted octanol–water partition coefficient (Wildman–Crippen LogP) is 5.54. The van der Waals surface area contributed by atoms with E-state index in [9.17, 15) is 4.79 Å². The molecule has 1 aromatic carbocycles. The molecule has 9 heteroatoms. The van der Waals surface area contributed by atoms with Gasteiger partial charge in [-0.2, -0.15) is 5.10 Å². The zero-order chi connectivity index (χ0) is 25.6. The summed E-state index contributed by atoms with van der Waals surface area (Å²) in [7, 11) is 0. The van der Waals surface area contributed by atoms with Crippen molar-refractivity contribution in [3.63, 3.8) is 0 Å². The Morgan fingerprint density at radius 3 is 2.65 bits per heavy atom. The number of pyridine rings is 2. The number of benzene rings is 1. The minimum Gasteiger partial charge on any atom is -0.370 e. The van der Waals surface area contributed by atoms with Crippen molar-refractivity contribution in [3.05, 3.63) is 48.9 Å². The van der Waals surface area contributed by atoms with Crippen LogP contribution in [-0.2, 0) is 4.79 Å². The molecule has 1 fully saturated rings. The quantitative estimate of drug-likeness (QED) is 0.302. The molecular formula is C28H30N8O. The number of para-hydroxylation sites is 1. The Kier molecular flexibility index (Phi) is 5.62. The van der Waals surface area contributed by atoms with E-state index < -0.39 is 5.41 Å². The number of fused-ring (bicyclic) bond motifs is 2. The van der Waals surface area contributed by atoms with Crippen molar-refractivity contribution in [2.45, 2.75) is 40.0 Å². The number of H-pyrrole nitrogens is 2. The van der Waals surface area contributed by atoms with Crippen LogP contribution in [0, 0.1) is 5.41 Å². The lowest BCUT2D eigenvalue weighted by molar-refractivity contribution is -0.123. The summed E-state index contributed by atoms with van der Waals surface area (Å²) in [6.45, 7) is 7.76. The van der Waals surface area contributed by atoms with Gasteiger partial charge >= 0.3 is 0 Å². The minimum atomic E-state index is -0.497. The summed E-state index contributed by atoms with van der Waals surface area (Å²) < 4.78 is 0. The first kappa shape index (κ1) is 23.1. The second-order valence-corrected chi connectivity index (χ2v) is 10.7. The van der Waals surface area contributed by atoms with E-state index in [1.165, 1.54) is 24.9 Å². The van der Waals surface area contributed by atoms with Gasteiger partial charge in [-0.1, -0.05) is 26.8 Å². The molecule has 1 saturated heterocycles. The number of nitrogens with one attached hydrogen (secondary N) is 3. The van der Waals surface area contributed by atoms with Gasteiger partial charge in [0.15, 0.2) is 11.5 Å². The molecule has 0 spiro atoms. The maximum atomic E-state index is 12.4. The lowest BCUT2D eigenvalue weighted by Gasteiger charge is -2.28. The van der Waals surface area contributed by atoms with Gasteiger partial charge in [-0.15, -0.1) is 0 Å². The molecule has 5 heterocycles. The number of amides is 1. The number of nitrogens with zero attached hydrogens (tertiary/aromatic N) is 5. The van der Waals surface area contributed by atoms with E-state index in [4.69, 9.17) is 4.98 Å². The van der Waals surface area contributed by atoms with Crippen molar-refractivity contribution < 1.29 is 4.79 Å². The number of hydrogen-bond donors (Lipinski definition) is 3. The van der Waals surface area contributed by atoms with Crippen molar-refractivity contribution in [2.75, 3.05) is 23.3 Å². The summed E-state index contributed by atoms with van der Waals surface area (Å²) in [5, 5.41) is 11.4. The fourth-order valence-corrected chi connectivity index (χ4v) is 4.75. The third kappa shape index (κ3) is 4.41. The number of aromatic nitrogens is 6. The molecule has 0 aliphatic carbocycles. The standard InChI is InChI=1S/C28H30N8O/c1-28(2,3)27(37)31-19-12-17(14-29-16-19)18-13-20-23(34-35-25(20)30-15-18)26-32-21-8-7-9-22(24(21)33-26)36-10-5-4-6-11-36/h7-9,12-16H,4-6,10-11H2,1-3H3,(H,31,37)(H,32,33)(H,30,34,35). The van der Waals surface area contributed by atoms with E-state index in [1.54, 1.807) is 18.6 Å². The largest absolute Gasteiger partial charge is 0.370 e. The molecule has 0 radical (unpaired) electrons. The molecule has 6 rings (SSSR count). The van der Waals surface area contributed by atoms with E-state index in [0.29, 0.717) is 11.3 Å². The lowest BCUT2D eigenvalue weighted by atomic mass is 9.95. The topological polar surface area (TPSA) is 115 Å². The maximum Gasteiger partial charge on any atom is 0.229 e. The first-order valence-corrected chi connectivity index (χ1v) is 12.7. The highest BCUT2D eigenvalue weighted by Crippen LogP contribution is 2.33. The Balaban J connectivity index is 1.37. The Morgan fingerprint density at radius 2 is 1.84 bits per heavy atom. The predicted molar refractivity (Wildman–Crippen MR) is 146 cm³/mol. The number of anilines is 2. The number of piperidine rings is 1. The number of rotatable bonds is 4. The van der Waals surface area contributed by atoms with Crippen LogP contribution in [0.2, 0.25) is 0 Å². The van der Waals surface area contributed by atoms with Crippen LogP contribution in [0.1, 0.15) is 40.0 Å². The number of aromatic amines is 2. The highest BCUT2D eigenvalue weighted by molar-refractivity contribution is 5.97. The van der Waals surface area contributed by atoms with Gasteiger partial charge in [0.05, 0.1) is 28.5 Å². The molecule has 0 bridgehead atoms. The highest BCUT2D eigenvalue weighted by atomic mass is 16.2. The number of hydrogen-bond acceptors (Lipinski definition) is 6. The van der Waals surface area contributed by atoms with Crippen molar-refractivity contribution in [1.82, 2.24) is 30.1 Å². The van der Waals surface area contributed by atoms with Crippen LogP contribution in [0.25, 0.3) is 44.7 Å². The second kappa shape index (κ2) is 8.99. The van der Waals surface area contributed by atoms with Crippen LogP contribution in [0.5, 0.6) is 0 Å². The molecule has 4 aromatic heterocycles. The molecule has 0 saturated carbocycles. The van der Waals surface area contributed by atoms with E-state index in [2.05, 4.69) is 53.6 Å². The highest BCUT2D eigenvalue weighted by Gasteiger charge is 2.22. The summed E-state index contributed by atoms with van der Waals surface area (Å²) in [5.74, 6) is 0.663. The molecule has 0 unspecified atom stereocenters. The summed E-state index contributed by atoms with van der Waals surface area (Å²) >= 11 is 0. The Labute approximate surface area is 214 Å². The Morgan fingerprint density at radius 1 is 1.03 bits per heavy atom. The molecule has 5 aromatic rings. The SMILES string of the molecule is CC(C)(C)C(=O)Nc1cncc(-c2cnc3n[nH]c(-c4nc5c(N6CCCCC6)cccc5[nH]4)c3c2)c1. The van der Waals surface area contributed by atoms with Crippen molar-refractivity contribution in [3.8, 4) is 22.6 Å². The molecule has 1 aliphatic heterocycles. The van der Waals surface area contributed by atoms with Gasteiger partial charge in [0.25, 0.3) is 0 Å². The fourth-order valence-electron chi connectivity index (χ4n) is 4.75. The van der Waals surface area contributed by atoms with Crippen molar-refractivity contribution in [1.29, 1.82) is 0 Å².